The van der Waals surface area contributed by atoms with E-state index in [1.54, 1.807) is 48.5 Å². The van der Waals surface area contributed by atoms with Crippen LogP contribution in [0.3, 0.4) is 0 Å². The molecule has 3 N–H and O–H groups in total. The third-order valence-electron chi connectivity index (χ3n) is 12.7. The number of hydrogen-bond acceptors (Lipinski definition) is 12. The number of rotatable bonds is 26. The molecule has 0 bridgehead atoms. The molecule has 404 valence electrons. The van der Waals surface area contributed by atoms with Gasteiger partial charge in [0, 0.05) is 99.9 Å². The third kappa shape index (κ3) is 16.7. The van der Waals surface area contributed by atoms with Gasteiger partial charge < -0.3 is 39.4 Å². The number of hydrogen-bond donors (Lipinski definition) is 3. The van der Waals surface area contributed by atoms with Gasteiger partial charge in [0.1, 0.15) is 0 Å². The van der Waals surface area contributed by atoms with Gasteiger partial charge in [-0.25, -0.2) is 21.6 Å². The molecule has 2 amide bonds. The van der Waals surface area contributed by atoms with E-state index in [9.17, 15) is 26.4 Å². The van der Waals surface area contributed by atoms with Gasteiger partial charge in [-0.2, -0.15) is 0 Å². The summed E-state index contributed by atoms with van der Waals surface area (Å²) in [7, 11) is -3.25. The average Bonchev–Trinajstić information content (AvgIpc) is 3.37. The number of carbonyl (C=O) groups is 2. The number of amides is 2. The van der Waals surface area contributed by atoms with Crippen LogP contribution < -0.4 is 15.4 Å². The first kappa shape index (κ1) is 59.0. The molecule has 0 spiro atoms. The van der Waals surface area contributed by atoms with Crippen molar-refractivity contribution >= 4 is 94.0 Å². The summed E-state index contributed by atoms with van der Waals surface area (Å²) in [4.78, 5) is 30.6. The molecule has 2 heterocycles. The van der Waals surface area contributed by atoms with Crippen molar-refractivity contribution in [2.24, 2.45) is 0 Å². The van der Waals surface area contributed by atoms with E-state index in [1.807, 2.05) is 50.5 Å². The molecule has 2 atom stereocenters. The number of ether oxygens (including phenoxy) is 4. The summed E-state index contributed by atoms with van der Waals surface area (Å²) in [5, 5.41) is 7.92. The number of benzene rings is 5. The number of carbonyl (C=O) groups excluding carboxylic acids is 2. The van der Waals surface area contributed by atoms with Crippen LogP contribution in [0.2, 0.25) is 20.1 Å². The van der Waals surface area contributed by atoms with Crippen molar-refractivity contribution in [3.05, 3.63) is 160 Å². The lowest BCUT2D eigenvalue weighted by molar-refractivity contribution is 0.0486. The van der Waals surface area contributed by atoms with Gasteiger partial charge in [-0.15, -0.1) is 0 Å². The summed E-state index contributed by atoms with van der Waals surface area (Å²) >= 11 is 29.1. The number of likely N-dealkylation sites (N-methyl/N-ethyl adjacent to an activating group) is 2. The minimum atomic E-state index is -3.77. The first-order valence-electron chi connectivity index (χ1n) is 24.3. The maximum Gasteiger partial charge on any atom is 0.251 e. The predicted octanol–water partition coefficient (Wildman–Crippen LogP) is 8.59. The van der Waals surface area contributed by atoms with Crippen LogP contribution in [0.15, 0.2) is 105 Å². The quantitative estimate of drug-likeness (QED) is 0.0450. The van der Waals surface area contributed by atoms with E-state index in [0.717, 1.165) is 46.5 Å². The summed E-state index contributed by atoms with van der Waals surface area (Å²) in [6, 6.07) is 25.9. The van der Waals surface area contributed by atoms with Gasteiger partial charge in [-0.05, 0) is 121 Å². The van der Waals surface area contributed by atoms with Crippen molar-refractivity contribution in [3.63, 3.8) is 0 Å². The summed E-state index contributed by atoms with van der Waals surface area (Å²) in [5.41, 5.74) is 6.65. The Morgan fingerprint density at radius 3 is 1.47 bits per heavy atom. The highest BCUT2D eigenvalue weighted by molar-refractivity contribution is 9.10. The second kappa shape index (κ2) is 27.8. The highest BCUT2D eigenvalue weighted by Gasteiger charge is 2.29. The van der Waals surface area contributed by atoms with E-state index in [0.29, 0.717) is 44.1 Å². The van der Waals surface area contributed by atoms with E-state index in [1.165, 1.54) is 6.07 Å². The van der Waals surface area contributed by atoms with E-state index in [4.69, 9.17) is 65.4 Å². The number of sulfone groups is 1. The lowest BCUT2D eigenvalue weighted by Crippen LogP contribution is -2.31. The van der Waals surface area contributed by atoms with E-state index in [-0.39, 0.29) is 117 Å². The SMILES string of the molecule is CN1Cc2c(Cl)cc(Cl)cc2C(c2ccc(S(=O)(=O)CCCOCCOCCNC(=O)c3cc(Br)cc(C(=O)NCCOCCOCCNS(=O)(=O)c4ccc(C5CN(C)Cc6c(Cl)cc(Cl)cc65)cc4)c3)cc2)C1. The molecule has 2 unspecified atom stereocenters. The first-order chi connectivity index (χ1) is 35.9. The molecule has 7 rings (SSSR count). The summed E-state index contributed by atoms with van der Waals surface area (Å²) in [5.74, 6) is -0.846. The second-order valence-corrected chi connectivity index (χ2v) is 24.8. The van der Waals surface area contributed by atoms with Crippen LogP contribution in [0.25, 0.3) is 0 Å². The van der Waals surface area contributed by atoms with Crippen LogP contribution in [0, 0.1) is 0 Å². The van der Waals surface area contributed by atoms with Gasteiger partial charge in [0.15, 0.2) is 9.84 Å². The topological polar surface area (TPSA) is 182 Å². The van der Waals surface area contributed by atoms with Gasteiger partial charge in [0.2, 0.25) is 10.0 Å². The van der Waals surface area contributed by atoms with Crippen LogP contribution in [-0.2, 0) is 51.9 Å². The molecule has 0 aromatic heterocycles. The van der Waals surface area contributed by atoms with Crippen LogP contribution in [0.4, 0.5) is 0 Å². The Labute approximate surface area is 467 Å². The van der Waals surface area contributed by atoms with Gasteiger partial charge >= 0.3 is 0 Å². The molecular weight excluding hydrogens is 1150 g/mol. The van der Waals surface area contributed by atoms with Crippen molar-refractivity contribution in [2.45, 2.75) is 41.1 Å². The van der Waals surface area contributed by atoms with Gasteiger partial charge in [-0.3, -0.25) is 9.59 Å². The average molecular weight is 1210 g/mol. The van der Waals surface area contributed by atoms with Crippen LogP contribution >= 0.6 is 62.3 Å². The Bertz CT molecular complexity index is 2820. The number of nitrogens with one attached hydrogen (secondary N) is 3. The zero-order valence-corrected chi connectivity index (χ0v) is 47.8. The number of nitrogens with zero attached hydrogens (tertiary/aromatic N) is 2. The minimum absolute atomic E-state index is 0.00899. The van der Waals surface area contributed by atoms with Crippen LogP contribution in [-0.4, -0.2) is 144 Å². The Morgan fingerprint density at radius 1 is 0.573 bits per heavy atom. The van der Waals surface area contributed by atoms with Crippen molar-refractivity contribution in [2.75, 3.05) is 105 Å². The van der Waals surface area contributed by atoms with E-state index >= 15 is 0 Å². The van der Waals surface area contributed by atoms with Gasteiger partial charge in [0.05, 0.1) is 61.8 Å². The smallest absolute Gasteiger partial charge is 0.251 e. The monoisotopic (exact) mass is 1210 g/mol. The van der Waals surface area contributed by atoms with Crippen molar-refractivity contribution < 1.29 is 45.4 Å². The number of fused-ring (bicyclic) bond motifs is 2. The molecule has 15 nitrogen and oxygen atoms in total. The fourth-order valence-electron chi connectivity index (χ4n) is 9.02. The second-order valence-electron chi connectivity index (χ2n) is 18.3. The molecule has 0 aliphatic carbocycles. The Hall–Kier alpha value is -3.70. The maximum atomic E-state index is 13.1. The summed E-state index contributed by atoms with van der Waals surface area (Å²) in [6.07, 6.45) is 0.314. The Morgan fingerprint density at radius 2 is 1.00 bits per heavy atom. The molecule has 0 radical (unpaired) electrons. The lowest BCUT2D eigenvalue weighted by Gasteiger charge is -2.33. The summed E-state index contributed by atoms with van der Waals surface area (Å²) in [6.45, 7) is 5.13. The van der Waals surface area contributed by atoms with E-state index < -0.39 is 25.8 Å². The van der Waals surface area contributed by atoms with Gasteiger partial charge in [0.25, 0.3) is 11.8 Å². The highest BCUT2D eigenvalue weighted by Crippen LogP contribution is 2.40. The molecule has 2 aliphatic heterocycles. The minimum Gasteiger partial charge on any atom is -0.379 e. The lowest BCUT2D eigenvalue weighted by atomic mass is 9.85. The molecular formula is C53H60BrCl4N5O10S2. The Kier molecular flexibility index (Phi) is 21.8. The molecule has 5 aromatic carbocycles. The zero-order valence-electron chi connectivity index (χ0n) is 41.5. The number of halogens is 5. The fraction of sp³-hybridized carbons (Fsp3) is 0.396. The van der Waals surface area contributed by atoms with Crippen LogP contribution in [0.5, 0.6) is 0 Å². The van der Waals surface area contributed by atoms with E-state index in [2.05, 4.69) is 41.1 Å². The summed E-state index contributed by atoms with van der Waals surface area (Å²) < 4.78 is 77.6. The third-order valence-corrected chi connectivity index (χ3v) is 17.6. The molecule has 22 heteroatoms. The van der Waals surface area contributed by atoms with Crippen molar-refractivity contribution in [1.82, 2.24) is 25.2 Å². The molecule has 75 heavy (non-hydrogen) atoms. The fourth-order valence-corrected chi connectivity index (χ4v) is 13.0. The van der Waals surface area contributed by atoms with Crippen molar-refractivity contribution in [1.29, 1.82) is 0 Å². The Balaban J connectivity index is 0.709. The largest absolute Gasteiger partial charge is 0.379 e. The normalized spacial score (nSPS) is 16.1. The first-order valence-corrected chi connectivity index (χ1v) is 29.8. The highest BCUT2D eigenvalue weighted by atomic mass is 79.9. The van der Waals surface area contributed by atoms with Crippen LogP contribution in [0.1, 0.15) is 72.4 Å². The number of sulfonamides is 1. The molecule has 0 saturated carbocycles. The molecule has 2 aliphatic rings. The standard InChI is InChI=1S/C53H60BrCl4N5O10S2/c1-62-31-46(44-27-40(55)29-50(57)48(44)33-62)35-4-8-42(9-5-35)74(66,67)23-3-15-70-19-20-71-16-12-59-52(64)37-24-38(26-39(54)25-37)53(65)60-13-17-72-21-22-73-18-14-61-75(68,69)43-10-6-36(7-11-43)47-32-63(2)34-49-45(47)28-41(56)30-51(49)58/h4-11,24-30,46-47,61H,3,12-23,31-34H2,1-2H3,(H,59,64)(H,60,65). The zero-order chi connectivity index (χ0) is 53.7. The molecule has 0 saturated heterocycles. The molecule has 0 fully saturated rings. The molecule has 5 aromatic rings. The van der Waals surface area contributed by atoms with Gasteiger partial charge in [-0.1, -0.05) is 86.6 Å². The van der Waals surface area contributed by atoms with Crippen molar-refractivity contribution in [3.8, 4) is 0 Å². The maximum absolute atomic E-state index is 13.1. The predicted molar refractivity (Wildman–Crippen MR) is 296 cm³/mol.